The number of amides is 1. The lowest BCUT2D eigenvalue weighted by Crippen LogP contribution is -2.42. The maximum Gasteiger partial charge on any atom is 0.254 e. The lowest BCUT2D eigenvalue weighted by molar-refractivity contribution is 0.0700. The fourth-order valence-corrected chi connectivity index (χ4v) is 2.48. The quantitative estimate of drug-likeness (QED) is 0.877. The van der Waals surface area contributed by atoms with Gasteiger partial charge >= 0.3 is 0 Å². The SMILES string of the molecule is CCN(CC(C)(C)CN)C(=O)c1cscc1C. The second kappa shape index (κ2) is 5.65. The van der Waals surface area contributed by atoms with Gasteiger partial charge in [0, 0.05) is 18.5 Å². The first-order chi connectivity index (χ1) is 7.91. The number of hydrogen-bond donors (Lipinski definition) is 1. The van der Waals surface area contributed by atoms with Gasteiger partial charge in [-0.15, -0.1) is 0 Å². The lowest BCUT2D eigenvalue weighted by atomic mass is 9.93. The summed E-state index contributed by atoms with van der Waals surface area (Å²) >= 11 is 1.57. The summed E-state index contributed by atoms with van der Waals surface area (Å²) in [5.74, 6) is 0.118. The molecule has 0 aliphatic rings. The zero-order chi connectivity index (χ0) is 13.1. The van der Waals surface area contributed by atoms with E-state index in [4.69, 9.17) is 5.73 Å². The molecule has 0 unspecified atom stereocenters. The highest BCUT2D eigenvalue weighted by molar-refractivity contribution is 7.08. The van der Waals surface area contributed by atoms with Crippen LogP contribution in [-0.4, -0.2) is 30.4 Å². The normalized spacial score (nSPS) is 11.6. The fraction of sp³-hybridized carbons (Fsp3) is 0.615. The van der Waals surface area contributed by atoms with Crippen LogP contribution in [0.3, 0.4) is 0 Å². The summed E-state index contributed by atoms with van der Waals surface area (Å²) in [6.07, 6.45) is 0. The van der Waals surface area contributed by atoms with Crippen LogP contribution in [0.2, 0.25) is 0 Å². The molecular formula is C13H22N2OS. The van der Waals surface area contributed by atoms with Crippen molar-refractivity contribution >= 4 is 17.2 Å². The van der Waals surface area contributed by atoms with E-state index in [1.165, 1.54) is 0 Å². The van der Waals surface area contributed by atoms with Crippen molar-refractivity contribution in [3.8, 4) is 0 Å². The number of nitrogens with two attached hydrogens (primary N) is 1. The number of rotatable bonds is 5. The number of thiophene rings is 1. The lowest BCUT2D eigenvalue weighted by Gasteiger charge is -2.31. The molecule has 0 aromatic carbocycles. The molecule has 4 heteroatoms. The Kier molecular flexibility index (Phi) is 4.71. The van der Waals surface area contributed by atoms with E-state index in [2.05, 4.69) is 13.8 Å². The van der Waals surface area contributed by atoms with Crippen molar-refractivity contribution in [2.24, 2.45) is 11.1 Å². The van der Waals surface area contributed by atoms with E-state index in [9.17, 15) is 4.79 Å². The first kappa shape index (κ1) is 14.2. The molecule has 1 heterocycles. The summed E-state index contributed by atoms with van der Waals surface area (Å²) in [6, 6.07) is 0. The van der Waals surface area contributed by atoms with Gasteiger partial charge in [-0.2, -0.15) is 11.3 Å². The molecule has 0 radical (unpaired) electrons. The van der Waals surface area contributed by atoms with Crippen molar-refractivity contribution < 1.29 is 4.79 Å². The molecule has 0 fully saturated rings. The number of carbonyl (C=O) groups excluding carboxylic acids is 1. The number of nitrogens with zero attached hydrogens (tertiary/aromatic N) is 1. The van der Waals surface area contributed by atoms with Gasteiger partial charge in [0.25, 0.3) is 5.91 Å². The molecule has 1 aromatic rings. The fourth-order valence-electron chi connectivity index (χ4n) is 1.66. The summed E-state index contributed by atoms with van der Waals surface area (Å²) in [6.45, 7) is 10.2. The Hall–Kier alpha value is -0.870. The zero-order valence-electron chi connectivity index (χ0n) is 11.1. The number of hydrogen-bond acceptors (Lipinski definition) is 3. The van der Waals surface area contributed by atoms with E-state index in [1.807, 2.05) is 29.5 Å². The number of carbonyl (C=O) groups is 1. The average Bonchev–Trinajstić information content (AvgIpc) is 2.71. The third-order valence-electron chi connectivity index (χ3n) is 2.93. The van der Waals surface area contributed by atoms with Gasteiger partial charge in [0.15, 0.2) is 0 Å². The highest BCUT2D eigenvalue weighted by atomic mass is 32.1. The van der Waals surface area contributed by atoms with Crippen LogP contribution in [0, 0.1) is 12.3 Å². The minimum Gasteiger partial charge on any atom is -0.338 e. The highest BCUT2D eigenvalue weighted by Gasteiger charge is 2.24. The predicted molar refractivity (Wildman–Crippen MR) is 73.5 cm³/mol. The summed E-state index contributed by atoms with van der Waals surface area (Å²) in [5, 5.41) is 3.94. The van der Waals surface area contributed by atoms with Gasteiger partial charge in [-0.25, -0.2) is 0 Å². The summed E-state index contributed by atoms with van der Waals surface area (Å²) in [5.41, 5.74) is 7.57. The summed E-state index contributed by atoms with van der Waals surface area (Å²) in [7, 11) is 0. The van der Waals surface area contributed by atoms with Gasteiger partial charge < -0.3 is 10.6 Å². The van der Waals surface area contributed by atoms with Crippen LogP contribution in [0.15, 0.2) is 10.8 Å². The van der Waals surface area contributed by atoms with Gasteiger partial charge in [-0.05, 0) is 36.8 Å². The van der Waals surface area contributed by atoms with Gasteiger partial charge in [0.05, 0.1) is 5.56 Å². The molecule has 0 aliphatic carbocycles. The maximum absolute atomic E-state index is 12.3. The molecule has 3 nitrogen and oxygen atoms in total. The third-order valence-corrected chi connectivity index (χ3v) is 3.79. The average molecular weight is 254 g/mol. The second-order valence-corrected chi connectivity index (χ2v) is 5.90. The molecule has 0 saturated carbocycles. The van der Waals surface area contributed by atoms with E-state index in [0.29, 0.717) is 13.1 Å². The zero-order valence-corrected chi connectivity index (χ0v) is 11.9. The van der Waals surface area contributed by atoms with E-state index < -0.39 is 0 Å². The molecule has 96 valence electrons. The molecule has 0 aliphatic heterocycles. The van der Waals surface area contributed by atoms with Gasteiger partial charge in [-0.3, -0.25) is 4.79 Å². The molecule has 17 heavy (non-hydrogen) atoms. The minimum atomic E-state index is -0.0321. The topological polar surface area (TPSA) is 46.3 Å². The molecule has 0 atom stereocenters. The first-order valence-corrected chi connectivity index (χ1v) is 6.87. The van der Waals surface area contributed by atoms with Crippen LogP contribution >= 0.6 is 11.3 Å². The Morgan fingerprint density at radius 2 is 2.12 bits per heavy atom. The Labute approximate surface area is 108 Å². The Morgan fingerprint density at radius 3 is 2.53 bits per heavy atom. The summed E-state index contributed by atoms with van der Waals surface area (Å²) < 4.78 is 0. The van der Waals surface area contributed by atoms with Crippen molar-refractivity contribution in [3.05, 3.63) is 21.9 Å². The Balaban J connectivity index is 2.82. The smallest absolute Gasteiger partial charge is 0.254 e. The largest absolute Gasteiger partial charge is 0.338 e. The third kappa shape index (κ3) is 3.54. The van der Waals surface area contributed by atoms with Crippen molar-refractivity contribution in [1.29, 1.82) is 0 Å². The Bertz CT molecular complexity index is 385. The first-order valence-electron chi connectivity index (χ1n) is 5.93. The van der Waals surface area contributed by atoms with E-state index in [1.54, 1.807) is 11.3 Å². The van der Waals surface area contributed by atoms with Crippen LogP contribution in [0.5, 0.6) is 0 Å². The monoisotopic (exact) mass is 254 g/mol. The molecule has 0 spiro atoms. The van der Waals surface area contributed by atoms with Gasteiger partial charge in [0.1, 0.15) is 0 Å². The molecule has 0 saturated heterocycles. The van der Waals surface area contributed by atoms with E-state index >= 15 is 0 Å². The van der Waals surface area contributed by atoms with Crippen LogP contribution in [0.4, 0.5) is 0 Å². The van der Waals surface area contributed by atoms with Crippen molar-refractivity contribution in [2.75, 3.05) is 19.6 Å². The summed E-state index contributed by atoms with van der Waals surface area (Å²) in [4.78, 5) is 14.2. The molecule has 1 rings (SSSR count). The number of aryl methyl sites for hydroxylation is 1. The molecule has 0 bridgehead atoms. The van der Waals surface area contributed by atoms with E-state index in [-0.39, 0.29) is 11.3 Å². The predicted octanol–water partition coefficient (Wildman–Crippen LogP) is 2.50. The Morgan fingerprint density at radius 1 is 1.47 bits per heavy atom. The van der Waals surface area contributed by atoms with Crippen molar-refractivity contribution in [2.45, 2.75) is 27.7 Å². The maximum atomic E-state index is 12.3. The molecule has 1 aromatic heterocycles. The van der Waals surface area contributed by atoms with Crippen molar-refractivity contribution in [1.82, 2.24) is 4.90 Å². The molecular weight excluding hydrogens is 232 g/mol. The molecule has 1 amide bonds. The highest BCUT2D eigenvalue weighted by Crippen LogP contribution is 2.20. The van der Waals surface area contributed by atoms with Crippen LogP contribution in [0.1, 0.15) is 36.7 Å². The van der Waals surface area contributed by atoms with E-state index in [0.717, 1.165) is 17.7 Å². The van der Waals surface area contributed by atoms with Gasteiger partial charge in [-0.1, -0.05) is 13.8 Å². The van der Waals surface area contributed by atoms with Crippen molar-refractivity contribution in [3.63, 3.8) is 0 Å². The van der Waals surface area contributed by atoms with Crippen LogP contribution in [-0.2, 0) is 0 Å². The van der Waals surface area contributed by atoms with Crippen LogP contribution in [0.25, 0.3) is 0 Å². The molecule has 2 N–H and O–H groups in total. The van der Waals surface area contributed by atoms with Crippen LogP contribution < -0.4 is 5.73 Å². The minimum absolute atomic E-state index is 0.0321. The van der Waals surface area contributed by atoms with Gasteiger partial charge in [0.2, 0.25) is 0 Å². The standard InChI is InChI=1S/C13H22N2OS/c1-5-15(9-13(3,4)8-14)12(16)11-7-17-6-10(11)2/h6-7H,5,8-9,14H2,1-4H3. The second-order valence-electron chi connectivity index (χ2n) is 5.16.